The van der Waals surface area contributed by atoms with Crippen LogP contribution in [0, 0.1) is 10.8 Å². The van der Waals surface area contributed by atoms with Gasteiger partial charge in [0.15, 0.2) is 10.2 Å². The number of nitrogens with zero attached hydrogens (tertiary/aromatic N) is 1. The molecule has 0 radical (unpaired) electrons. The molecule has 0 saturated heterocycles. The number of carbonyl (C=O) groups excluding carboxylic acids is 2. The first-order valence-corrected chi connectivity index (χ1v) is 12.5. The van der Waals surface area contributed by atoms with E-state index in [0.29, 0.717) is 12.4 Å². The Hall–Kier alpha value is 0.350. The van der Waals surface area contributed by atoms with Gasteiger partial charge in [0.1, 0.15) is 5.94 Å². The number of hydrogen-bond donors (Lipinski definition) is 0. The van der Waals surface area contributed by atoms with E-state index in [1.54, 1.807) is 0 Å². The predicted molar refractivity (Wildman–Crippen MR) is 120 cm³/mol. The highest BCUT2D eigenvalue weighted by Gasteiger charge is 2.29. The summed E-state index contributed by atoms with van der Waals surface area (Å²) in [5, 5.41) is 0.261. The summed E-state index contributed by atoms with van der Waals surface area (Å²) < 4.78 is 14.2. The molecule has 0 aliphatic rings. The van der Waals surface area contributed by atoms with Crippen LogP contribution in [0.3, 0.4) is 0 Å². The summed E-state index contributed by atoms with van der Waals surface area (Å²) >= 11 is 2.49. The van der Waals surface area contributed by atoms with Crippen molar-refractivity contribution in [2.45, 2.75) is 81.3 Å². The van der Waals surface area contributed by atoms with Gasteiger partial charge in [-0.25, -0.2) is 4.67 Å². The predicted octanol–water partition coefficient (Wildman–Crippen LogP) is 5.93. The number of thioether (sulfide) groups is 2. The lowest BCUT2D eigenvalue weighted by molar-refractivity contribution is -0.118. The van der Waals surface area contributed by atoms with Crippen molar-refractivity contribution in [1.82, 2.24) is 4.67 Å². The van der Waals surface area contributed by atoms with Crippen molar-refractivity contribution < 1.29 is 18.6 Å². The van der Waals surface area contributed by atoms with Gasteiger partial charge in [0.2, 0.25) is 0 Å². The van der Waals surface area contributed by atoms with Gasteiger partial charge in [-0.15, -0.1) is 0 Å². The van der Waals surface area contributed by atoms with Crippen LogP contribution in [0.15, 0.2) is 0 Å². The summed E-state index contributed by atoms with van der Waals surface area (Å²) in [4.78, 5) is 24.1. The monoisotopic (exact) mass is 439 g/mol. The molecular weight excluding hydrogens is 401 g/mol. The zero-order valence-electron chi connectivity index (χ0n) is 18.6. The molecule has 0 aromatic carbocycles. The zero-order chi connectivity index (χ0) is 21.4. The third kappa shape index (κ3) is 11.2. The first kappa shape index (κ1) is 27.4. The second kappa shape index (κ2) is 12.1. The topological polar surface area (TPSA) is 55.8 Å². The smallest absolute Gasteiger partial charge is 0.260 e. The second-order valence-electron chi connectivity index (χ2n) is 8.95. The third-order valence-electron chi connectivity index (χ3n) is 3.34. The van der Waals surface area contributed by atoms with E-state index in [0.717, 1.165) is 0 Å². The molecule has 27 heavy (non-hydrogen) atoms. The van der Waals surface area contributed by atoms with E-state index >= 15 is 0 Å². The van der Waals surface area contributed by atoms with E-state index in [9.17, 15) is 9.59 Å². The molecule has 0 spiro atoms. The number of carbonyl (C=O) groups is 2. The van der Waals surface area contributed by atoms with Gasteiger partial charge in [-0.2, -0.15) is 0 Å². The Balaban J connectivity index is 4.76. The van der Waals surface area contributed by atoms with Gasteiger partial charge >= 0.3 is 0 Å². The second-order valence-corrected chi connectivity index (χ2v) is 12.4. The molecule has 0 N–H and O–H groups in total. The fraction of sp³-hybridized carbons (Fsp3) is 0.895. The lowest BCUT2D eigenvalue weighted by Gasteiger charge is -2.35. The van der Waals surface area contributed by atoms with Crippen LogP contribution in [0.1, 0.15) is 69.2 Å². The van der Waals surface area contributed by atoms with Crippen molar-refractivity contribution in [2.24, 2.45) is 10.8 Å². The summed E-state index contributed by atoms with van der Waals surface area (Å²) in [6.07, 6.45) is 0. The van der Waals surface area contributed by atoms with Crippen LogP contribution in [0.4, 0.5) is 0 Å². The maximum absolute atomic E-state index is 12.1. The lowest BCUT2D eigenvalue weighted by Crippen LogP contribution is -2.33. The van der Waals surface area contributed by atoms with Gasteiger partial charge in [0.05, 0.1) is 6.61 Å². The molecule has 0 heterocycles. The Labute approximate surface area is 176 Å². The molecular formula is C19H38NO4PS2. The van der Waals surface area contributed by atoms with Crippen LogP contribution < -0.4 is 0 Å². The minimum atomic E-state index is -1.29. The van der Waals surface area contributed by atoms with E-state index < -0.39 is 13.9 Å². The number of hydrogen-bond acceptors (Lipinski definition) is 7. The first-order chi connectivity index (χ1) is 12.2. The van der Waals surface area contributed by atoms with Crippen LogP contribution in [0.2, 0.25) is 0 Å². The Morgan fingerprint density at radius 3 is 1.70 bits per heavy atom. The maximum atomic E-state index is 12.1. The van der Waals surface area contributed by atoms with Crippen molar-refractivity contribution in [2.75, 3.05) is 18.3 Å². The molecule has 0 aromatic rings. The normalized spacial score (nSPS) is 14.3. The van der Waals surface area contributed by atoms with Gasteiger partial charge in [-0.3, -0.25) is 9.59 Å². The summed E-state index contributed by atoms with van der Waals surface area (Å²) in [5.41, 5.74) is -0.741. The van der Waals surface area contributed by atoms with Crippen molar-refractivity contribution in [1.29, 1.82) is 0 Å². The Morgan fingerprint density at radius 1 is 0.852 bits per heavy atom. The third-order valence-corrected chi connectivity index (χ3v) is 7.93. The van der Waals surface area contributed by atoms with Gasteiger partial charge in [0.25, 0.3) is 8.53 Å². The fourth-order valence-electron chi connectivity index (χ4n) is 1.95. The van der Waals surface area contributed by atoms with Crippen LogP contribution in [0.25, 0.3) is 0 Å². The SMILES string of the molecule is CC(C)N(C(C)C)P(OCCSC(=O)C(C)(C)C)OCSC(=O)C(C)(C)C. The average molecular weight is 440 g/mol. The summed E-state index contributed by atoms with van der Waals surface area (Å²) in [6, 6.07) is 0.506. The standard InChI is InChI=1S/C19H38NO4PS2/c1-14(2)20(15(3)4)25(24-13-27-17(22)19(8,9)10)23-11-12-26-16(21)18(5,6)7/h14-15H,11-13H2,1-10H3. The Bertz CT molecular complexity index is 465. The zero-order valence-corrected chi connectivity index (χ0v) is 21.1. The highest BCUT2D eigenvalue weighted by atomic mass is 32.2. The Morgan fingerprint density at radius 2 is 1.30 bits per heavy atom. The molecule has 0 amide bonds. The molecule has 0 aliphatic heterocycles. The highest BCUT2D eigenvalue weighted by molar-refractivity contribution is 8.14. The molecule has 8 heteroatoms. The minimum Gasteiger partial charge on any atom is -0.321 e. The molecule has 0 aliphatic carbocycles. The summed E-state index contributed by atoms with van der Waals surface area (Å²) in [6.45, 7) is 20.3. The van der Waals surface area contributed by atoms with Crippen LogP contribution in [0.5, 0.6) is 0 Å². The Kier molecular flexibility index (Phi) is 12.3. The van der Waals surface area contributed by atoms with Gasteiger partial charge in [0, 0.05) is 28.7 Å². The molecule has 0 saturated carbocycles. The van der Waals surface area contributed by atoms with Crippen molar-refractivity contribution in [3.63, 3.8) is 0 Å². The van der Waals surface area contributed by atoms with E-state index in [1.165, 1.54) is 23.5 Å². The first-order valence-electron chi connectivity index (χ1n) is 9.36. The summed E-state index contributed by atoms with van der Waals surface area (Å²) in [5.74, 6) is 0.863. The minimum absolute atomic E-state index is 0.101. The lowest BCUT2D eigenvalue weighted by atomic mass is 9.99. The van der Waals surface area contributed by atoms with E-state index in [1.807, 2.05) is 41.5 Å². The van der Waals surface area contributed by atoms with Gasteiger partial charge < -0.3 is 9.05 Å². The van der Waals surface area contributed by atoms with Gasteiger partial charge in [-0.1, -0.05) is 65.1 Å². The van der Waals surface area contributed by atoms with E-state index in [-0.39, 0.29) is 33.7 Å². The van der Waals surface area contributed by atoms with Crippen molar-refractivity contribution in [3.8, 4) is 0 Å². The quantitative estimate of drug-likeness (QED) is 0.237. The fourth-order valence-corrected chi connectivity index (χ4v) is 5.31. The van der Waals surface area contributed by atoms with Crippen LogP contribution in [-0.2, 0) is 18.6 Å². The molecule has 0 rings (SSSR count). The van der Waals surface area contributed by atoms with E-state index in [2.05, 4.69) is 32.4 Å². The molecule has 160 valence electrons. The molecule has 5 nitrogen and oxygen atoms in total. The molecule has 0 bridgehead atoms. The molecule has 0 aromatic heterocycles. The van der Waals surface area contributed by atoms with Crippen LogP contribution >= 0.6 is 32.0 Å². The van der Waals surface area contributed by atoms with Crippen LogP contribution in [-0.4, -0.2) is 45.3 Å². The van der Waals surface area contributed by atoms with Crippen molar-refractivity contribution >= 4 is 42.3 Å². The number of rotatable bonds is 10. The maximum Gasteiger partial charge on any atom is 0.260 e. The van der Waals surface area contributed by atoms with Crippen molar-refractivity contribution in [3.05, 3.63) is 0 Å². The van der Waals surface area contributed by atoms with E-state index in [4.69, 9.17) is 9.05 Å². The molecule has 0 fully saturated rings. The summed E-state index contributed by atoms with van der Waals surface area (Å²) in [7, 11) is -1.29. The molecule has 1 atom stereocenters. The molecule has 1 unspecified atom stereocenters. The highest BCUT2D eigenvalue weighted by Crippen LogP contribution is 2.47. The average Bonchev–Trinajstić information content (AvgIpc) is 2.47. The van der Waals surface area contributed by atoms with Gasteiger partial charge in [-0.05, 0) is 27.7 Å². The largest absolute Gasteiger partial charge is 0.321 e.